The van der Waals surface area contributed by atoms with Gasteiger partial charge in [-0.15, -0.1) is 53.6 Å². The van der Waals surface area contributed by atoms with Crippen LogP contribution in [0, 0.1) is 18.8 Å². The van der Waals surface area contributed by atoms with E-state index in [9.17, 15) is 0 Å². The molecule has 0 amide bonds. The minimum Gasteiger partial charge on any atom is -0.509 e. The van der Waals surface area contributed by atoms with Crippen LogP contribution in [-0.2, 0) is 37.3 Å². The van der Waals surface area contributed by atoms with Crippen LogP contribution < -0.4 is 14.5 Å². The Morgan fingerprint density at radius 1 is 0.436 bits per heavy atom. The summed E-state index contributed by atoms with van der Waals surface area (Å²) in [4.78, 5) is 9.87. The average Bonchev–Trinajstić information content (AvgIpc) is 4.22. The fraction of sp³-hybridized carbons (Fsp3) is 0.167. The molecule has 5 nitrogen and oxygen atoms in total. The standard InChI is InChI=1S/C72H63N4O.Pt/c1-70(2,3)53-35-32-51(33-36-53)59-29-21-28-58(49-24-15-11-16-25-49)69(59)75-47-74(65-30-19-20-31-66(65)75)55-41-54(71(4,5)6)42-57(43-55)77-56-37-38-60-61-40-52(48-22-13-10-14-23-48)34-39-64(61)76(67(60)44-56)68-45-63(72(7,8)9)62(46-73-68)50-26-17-12-18-27-50;/h10-42,45-47H,1-9H3;/q-3;. The predicted molar refractivity (Wildman–Crippen MR) is 322 cm³/mol. The molecule has 0 saturated heterocycles. The molecule has 0 unspecified atom stereocenters. The van der Waals surface area contributed by atoms with Crippen molar-refractivity contribution in [2.75, 3.05) is 9.80 Å². The molecule has 0 bridgehead atoms. The van der Waals surface area contributed by atoms with Gasteiger partial charge in [0.1, 0.15) is 5.82 Å². The number of aromatic nitrogens is 2. The first-order valence-corrected chi connectivity index (χ1v) is 26.8. The zero-order valence-corrected chi connectivity index (χ0v) is 48.1. The van der Waals surface area contributed by atoms with Crippen LogP contribution in [-0.4, -0.2) is 9.55 Å². The van der Waals surface area contributed by atoms with E-state index in [0.717, 1.165) is 100 Å². The Morgan fingerprint density at radius 3 is 1.62 bits per heavy atom. The monoisotopic (exact) mass is 1190 g/mol. The normalized spacial score (nSPS) is 12.7. The maximum Gasteiger partial charge on any atom is 0.135 e. The molecular weight excluding hydrogens is 1130 g/mol. The van der Waals surface area contributed by atoms with E-state index < -0.39 is 0 Å². The molecule has 0 saturated carbocycles. The number of nitrogens with zero attached hydrogens (tertiary/aromatic N) is 4. The quantitative estimate of drug-likeness (QED) is 0.135. The summed E-state index contributed by atoms with van der Waals surface area (Å²) in [5.74, 6) is 2.01. The molecule has 2 aromatic heterocycles. The van der Waals surface area contributed by atoms with E-state index >= 15 is 0 Å². The number of para-hydroxylation sites is 3. The van der Waals surface area contributed by atoms with Crippen molar-refractivity contribution in [1.29, 1.82) is 0 Å². The van der Waals surface area contributed by atoms with Crippen molar-refractivity contribution in [2.24, 2.45) is 0 Å². The first kappa shape index (κ1) is 52.1. The Kier molecular flexibility index (Phi) is 13.6. The summed E-state index contributed by atoms with van der Waals surface area (Å²) >= 11 is 0. The first-order chi connectivity index (χ1) is 37.1. The number of pyridine rings is 1. The molecule has 0 radical (unpaired) electrons. The van der Waals surface area contributed by atoms with Crippen LogP contribution in [0.15, 0.2) is 212 Å². The molecule has 6 heteroatoms. The molecule has 9 aromatic carbocycles. The molecule has 390 valence electrons. The zero-order valence-electron chi connectivity index (χ0n) is 45.8. The van der Waals surface area contributed by atoms with E-state index in [1.807, 2.05) is 12.3 Å². The molecule has 0 aliphatic carbocycles. The smallest absolute Gasteiger partial charge is 0.135 e. The third-order valence-electron chi connectivity index (χ3n) is 15.0. The van der Waals surface area contributed by atoms with Crippen LogP contribution >= 0.6 is 0 Å². The Labute approximate surface area is 475 Å². The van der Waals surface area contributed by atoms with Crippen molar-refractivity contribution in [3.05, 3.63) is 248 Å². The van der Waals surface area contributed by atoms with Gasteiger partial charge in [0.25, 0.3) is 0 Å². The number of rotatable bonds is 9. The van der Waals surface area contributed by atoms with Gasteiger partial charge < -0.3 is 19.1 Å². The molecule has 78 heavy (non-hydrogen) atoms. The Balaban J connectivity index is 0.00000645. The Morgan fingerprint density at radius 2 is 1.00 bits per heavy atom. The van der Waals surface area contributed by atoms with E-state index in [4.69, 9.17) is 9.72 Å². The third-order valence-corrected chi connectivity index (χ3v) is 15.0. The van der Waals surface area contributed by atoms with E-state index in [-0.39, 0.29) is 37.3 Å². The average molecular weight is 1200 g/mol. The second kappa shape index (κ2) is 20.4. The van der Waals surface area contributed by atoms with Gasteiger partial charge in [0.2, 0.25) is 0 Å². The molecule has 3 heterocycles. The summed E-state index contributed by atoms with van der Waals surface area (Å²) in [5.41, 5.74) is 18.5. The predicted octanol–water partition coefficient (Wildman–Crippen LogP) is 19.5. The van der Waals surface area contributed by atoms with Gasteiger partial charge >= 0.3 is 0 Å². The molecule has 0 N–H and O–H groups in total. The molecule has 1 aliphatic rings. The van der Waals surface area contributed by atoms with E-state index in [1.54, 1.807) is 0 Å². The van der Waals surface area contributed by atoms with Crippen molar-refractivity contribution >= 4 is 44.6 Å². The van der Waals surface area contributed by atoms with Crippen LogP contribution in [0.25, 0.3) is 72.1 Å². The number of benzene rings is 9. The van der Waals surface area contributed by atoms with Gasteiger partial charge in [-0.05, 0) is 84.8 Å². The van der Waals surface area contributed by atoms with Gasteiger partial charge in [0.15, 0.2) is 0 Å². The van der Waals surface area contributed by atoms with Gasteiger partial charge in [0, 0.05) is 78.0 Å². The Bertz CT molecular complexity index is 3980. The van der Waals surface area contributed by atoms with Gasteiger partial charge in [-0.25, -0.2) is 4.98 Å². The maximum atomic E-state index is 7.05. The second-order valence-corrected chi connectivity index (χ2v) is 23.4. The summed E-state index contributed by atoms with van der Waals surface area (Å²) in [6.07, 6.45) is 2.04. The van der Waals surface area contributed by atoms with Crippen molar-refractivity contribution in [3.63, 3.8) is 0 Å². The topological polar surface area (TPSA) is 33.5 Å². The van der Waals surface area contributed by atoms with Crippen molar-refractivity contribution in [1.82, 2.24) is 9.55 Å². The zero-order chi connectivity index (χ0) is 53.2. The van der Waals surface area contributed by atoms with Gasteiger partial charge in [0.05, 0.1) is 0 Å². The molecular formula is C72H63N4OPt-3. The maximum absolute atomic E-state index is 7.05. The fourth-order valence-corrected chi connectivity index (χ4v) is 10.8. The summed E-state index contributed by atoms with van der Waals surface area (Å²) in [6, 6.07) is 81.4. The fourth-order valence-electron chi connectivity index (χ4n) is 10.8. The second-order valence-electron chi connectivity index (χ2n) is 23.4. The summed E-state index contributed by atoms with van der Waals surface area (Å²) in [5, 5.41) is 2.18. The Hall–Kier alpha value is -7.98. The molecule has 1 aliphatic heterocycles. The van der Waals surface area contributed by atoms with E-state index in [1.165, 1.54) is 11.1 Å². The molecule has 12 rings (SSSR count). The van der Waals surface area contributed by atoms with E-state index in [0.29, 0.717) is 11.5 Å². The first-order valence-electron chi connectivity index (χ1n) is 26.8. The van der Waals surface area contributed by atoms with Crippen molar-refractivity contribution in [2.45, 2.75) is 78.6 Å². The van der Waals surface area contributed by atoms with Gasteiger partial charge in [-0.1, -0.05) is 226 Å². The van der Waals surface area contributed by atoms with Crippen LogP contribution in [0.2, 0.25) is 0 Å². The van der Waals surface area contributed by atoms with Crippen molar-refractivity contribution < 1.29 is 25.8 Å². The van der Waals surface area contributed by atoms with Gasteiger partial charge in [-0.2, -0.15) is 6.07 Å². The van der Waals surface area contributed by atoms with E-state index in [2.05, 4.69) is 296 Å². The third kappa shape index (κ3) is 9.86. The van der Waals surface area contributed by atoms with Crippen LogP contribution in [0.1, 0.15) is 79.0 Å². The van der Waals surface area contributed by atoms with Crippen LogP contribution in [0.4, 0.5) is 22.7 Å². The van der Waals surface area contributed by atoms with Crippen molar-refractivity contribution in [3.8, 4) is 61.8 Å². The van der Waals surface area contributed by atoms with Crippen LogP contribution in [0.3, 0.4) is 0 Å². The molecule has 11 aromatic rings. The largest absolute Gasteiger partial charge is 0.509 e. The summed E-state index contributed by atoms with van der Waals surface area (Å²) in [7, 11) is 0. The number of hydrogen-bond acceptors (Lipinski definition) is 4. The summed E-state index contributed by atoms with van der Waals surface area (Å²) < 4.78 is 9.30. The van der Waals surface area contributed by atoms with Crippen LogP contribution in [0.5, 0.6) is 11.5 Å². The van der Waals surface area contributed by atoms with Gasteiger partial charge in [-0.3, -0.25) is 0 Å². The SMILES string of the molecule is CC(C)(C)c1ccc(-c2cccc(-c3ccccc3)c2N2[CH-]N(c3[c-]c(Oc4[c-]c5c(cc4)c4cc(-c6ccccc6)ccc4n5-c4cc(C(C)(C)C)c(-c5ccccc5)cn4)cc(C(C)(C)C)c3)c3ccccc32)cc1.[Pt]. The molecule has 0 fully saturated rings. The summed E-state index contributed by atoms with van der Waals surface area (Å²) in [6.45, 7) is 22.6. The number of ether oxygens (including phenoxy) is 1. The number of fused-ring (bicyclic) bond motifs is 4. The molecule has 0 atom stereocenters. The minimum absolute atomic E-state index is 0. The number of hydrogen-bond donors (Lipinski definition) is 0. The minimum atomic E-state index is -0.216. The number of anilines is 4. The molecule has 0 spiro atoms.